The lowest BCUT2D eigenvalue weighted by Gasteiger charge is -2.22. The minimum atomic E-state index is -3.44. The molecule has 20 heavy (non-hydrogen) atoms. The fraction of sp³-hybridized carbons (Fsp3) is 0.333. The highest BCUT2D eigenvalue weighted by Crippen LogP contribution is 2.27. The summed E-state index contributed by atoms with van der Waals surface area (Å²) in [5.41, 5.74) is 1.92. The predicted molar refractivity (Wildman–Crippen MR) is 85.1 cm³/mol. The van der Waals surface area contributed by atoms with Crippen molar-refractivity contribution in [3.05, 3.63) is 47.3 Å². The predicted octanol–water partition coefficient (Wildman–Crippen LogP) is 4.09. The molecule has 0 spiro atoms. The van der Waals surface area contributed by atoms with E-state index in [4.69, 9.17) is 0 Å². The van der Waals surface area contributed by atoms with Crippen molar-refractivity contribution in [1.82, 2.24) is 0 Å². The van der Waals surface area contributed by atoms with Gasteiger partial charge in [0.25, 0.3) is 10.0 Å². The van der Waals surface area contributed by atoms with Crippen LogP contribution in [-0.2, 0) is 10.0 Å². The zero-order valence-corrected chi connectivity index (χ0v) is 13.5. The molecule has 0 N–H and O–H groups in total. The first-order valence-corrected chi connectivity index (χ1v) is 8.95. The van der Waals surface area contributed by atoms with Gasteiger partial charge in [0, 0.05) is 6.54 Å². The molecule has 2 aromatic rings. The summed E-state index contributed by atoms with van der Waals surface area (Å²) in [4.78, 5) is 0. The summed E-state index contributed by atoms with van der Waals surface area (Å²) in [7, 11) is -3.44. The Kier molecular flexibility index (Phi) is 4.50. The number of nitrogens with zero attached hydrogens (tertiary/aromatic N) is 1. The van der Waals surface area contributed by atoms with Crippen LogP contribution in [-0.4, -0.2) is 15.0 Å². The minimum Gasteiger partial charge on any atom is -0.266 e. The van der Waals surface area contributed by atoms with Gasteiger partial charge in [0.05, 0.1) is 5.69 Å². The highest BCUT2D eigenvalue weighted by molar-refractivity contribution is 7.94. The van der Waals surface area contributed by atoms with E-state index in [0.29, 0.717) is 22.4 Å². The normalized spacial score (nSPS) is 11.8. The van der Waals surface area contributed by atoms with Gasteiger partial charge in [-0.2, -0.15) is 0 Å². The lowest BCUT2D eigenvalue weighted by atomic mass is 10.0. The SMILES string of the molecule is CCN(c1ccc(C(C)C)cc1)S(=O)(=O)c1cccs1. The van der Waals surface area contributed by atoms with Gasteiger partial charge in [-0.3, -0.25) is 4.31 Å². The summed E-state index contributed by atoms with van der Waals surface area (Å²) in [6.07, 6.45) is 0. The lowest BCUT2D eigenvalue weighted by Crippen LogP contribution is -2.30. The van der Waals surface area contributed by atoms with E-state index >= 15 is 0 Å². The van der Waals surface area contributed by atoms with Gasteiger partial charge in [0.1, 0.15) is 4.21 Å². The quantitative estimate of drug-likeness (QED) is 0.834. The molecular weight excluding hydrogens is 290 g/mol. The first kappa shape index (κ1) is 15.1. The van der Waals surface area contributed by atoms with Crippen LogP contribution in [0, 0.1) is 0 Å². The molecule has 0 fully saturated rings. The van der Waals surface area contributed by atoms with E-state index in [1.807, 2.05) is 31.2 Å². The Morgan fingerprint density at radius 2 is 1.80 bits per heavy atom. The topological polar surface area (TPSA) is 37.4 Å². The fourth-order valence-corrected chi connectivity index (χ4v) is 4.61. The second kappa shape index (κ2) is 5.97. The smallest absolute Gasteiger partial charge is 0.266 e. The zero-order valence-electron chi connectivity index (χ0n) is 11.9. The van der Waals surface area contributed by atoms with Crippen molar-refractivity contribution in [3.63, 3.8) is 0 Å². The molecule has 1 aromatic carbocycles. The van der Waals surface area contributed by atoms with Crippen LogP contribution in [0.25, 0.3) is 0 Å². The Balaban J connectivity index is 2.38. The zero-order chi connectivity index (χ0) is 14.8. The number of benzene rings is 1. The molecule has 0 aliphatic carbocycles. The summed E-state index contributed by atoms with van der Waals surface area (Å²) in [6.45, 7) is 6.51. The Morgan fingerprint density at radius 3 is 2.25 bits per heavy atom. The Morgan fingerprint density at radius 1 is 1.15 bits per heavy atom. The maximum absolute atomic E-state index is 12.6. The third kappa shape index (κ3) is 2.88. The van der Waals surface area contributed by atoms with Gasteiger partial charge in [-0.15, -0.1) is 11.3 Å². The van der Waals surface area contributed by atoms with Crippen molar-refractivity contribution >= 4 is 27.0 Å². The van der Waals surface area contributed by atoms with E-state index in [1.54, 1.807) is 17.5 Å². The van der Waals surface area contributed by atoms with E-state index in [2.05, 4.69) is 13.8 Å². The third-order valence-electron chi connectivity index (χ3n) is 3.17. The van der Waals surface area contributed by atoms with Crippen molar-refractivity contribution in [2.24, 2.45) is 0 Å². The number of thiophene rings is 1. The average Bonchev–Trinajstić information content (AvgIpc) is 2.94. The molecular formula is C15H19NO2S2. The molecule has 0 saturated carbocycles. The van der Waals surface area contributed by atoms with Crippen LogP contribution in [0.4, 0.5) is 5.69 Å². The van der Waals surface area contributed by atoms with Crippen molar-refractivity contribution in [1.29, 1.82) is 0 Å². The van der Waals surface area contributed by atoms with Crippen LogP contribution in [0.3, 0.4) is 0 Å². The van der Waals surface area contributed by atoms with Crippen molar-refractivity contribution in [2.45, 2.75) is 30.9 Å². The highest BCUT2D eigenvalue weighted by Gasteiger charge is 2.24. The fourth-order valence-electron chi connectivity index (χ4n) is 2.04. The molecule has 108 valence electrons. The summed E-state index contributed by atoms with van der Waals surface area (Å²) in [6, 6.07) is 11.1. The Labute approximate surface area is 124 Å². The average molecular weight is 309 g/mol. The van der Waals surface area contributed by atoms with E-state index in [0.717, 1.165) is 0 Å². The van der Waals surface area contributed by atoms with Crippen LogP contribution in [0.5, 0.6) is 0 Å². The molecule has 0 aliphatic heterocycles. The molecule has 1 heterocycles. The highest BCUT2D eigenvalue weighted by atomic mass is 32.2. The van der Waals surface area contributed by atoms with Crippen LogP contribution in [0.2, 0.25) is 0 Å². The molecule has 0 bridgehead atoms. The monoisotopic (exact) mass is 309 g/mol. The maximum Gasteiger partial charge on any atom is 0.273 e. The third-order valence-corrected chi connectivity index (χ3v) is 6.45. The van der Waals surface area contributed by atoms with Crippen molar-refractivity contribution < 1.29 is 8.42 Å². The first-order valence-electron chi connectivity index (χ1n) is 6.63. The van der Waals surface area contributed by atoms with Crippen molar-refractivity contribution in [3.8, 4) is 0 Å². The summed E-state index contributed by atoms with van der Waals surface area (Å²) >= 11 is 1.25. The van der Waals surface area contributed by atoms with Gasteiger partial charge in [0.15, 0.2) is 0 Å². The van der Waals surface area contributed by atoms with Crippen LogP contribution >= 0.6 is 11.3 Å². The molecule has 2 rings (SSSR count). The summed E-state index contributed by atoms with van der Waals surface area (Å²) in [5, 5.41) is 1.78. The molecule has 3 nitrogen and oxygen atoms in total. The van der Waals surface area contributed by atoms with E-state index in [1.165, 1.54) is 21.2 Å². The minimum absolute atomic E-state index is 0.382. The first-order chi connectivity index (χ1) is 9.46. The van der Waals surface area contributed by atoms with Crippen LogP contribution in [0.15, 0.2) is 46.0 Å². The molecule has 0 radical (unpaired) electrons. The van der Waals surface area contributed by atoms with Gasteiger partial charge in [-0.05, 0) is 42.0 Å². The number of anilines is 1. The van der Waals surface area contributed by atoms with E-state index in [-0.39, 0.29) is 0 Å². The number of rotatable bonds is 5. The molecule has 0 saturated heterocycles. The number of hydrogen-bond donors (Lipinski definition) is 0. The molecule has 5 heteroatoms. The second-order valence-corrected chi connectivity index (χ2v) is 7.88. The summed E-state index contributed by atoms with van der Waals surface area (Å²) in [5.74, 6) is 0.438. The van der Waals surface area contributed by atoms with Gasteiger partial charge < -0.3 is 0 Å². The van der Waals surface area contributed by atoms with Gasteiger partial charge in [0.2, 0.25) is 0 Å². The number of sulfonamides is 1. The molecule has 0 aliphatic rings. The van der Waals surface area contributed by atoms with Gasteiger partial charge >= 0.3 is 0 Å². The molecule has 0 atom stereocenters. The van der Waals surface area contributed by atoms with Crippen LogP contribution in [0.1, 0.15) is 32.3 Å². The van der Waals surface area contributed by atoms with Gasteiger partial charge in [-0.25, -0.2) is 8.42 Å². The van der Waals surface area contributed by atoms with Gasteiger partial charge in [-0.1, -0.05) is 32.0 Å². The number of hydrogen-bond acceptors (Lipinski definition) is 3. The standard InChI is InChI=1S/C15H19NO2S2/c1-4-16(20(17,18)15-6-5-11-19-15)14-9-7-13(8-10-14)12(2)3/h5-12H,4H2,1-3H3. The Hall–Kier alpha value is -1.33. The lowest BCUT2D eigenvalue weighted by molar-refractivity contribution is 0.594. The Bertz CT molecular complexity index is 644. The largest absolute Gasteiger partial charge is 0.273 e. The van der Waals surface area contributed by atoms with E-state index in [9.17, 15) is 8.42 Å². The molecule has 0 amide bonds. The maximum atomic E-state index is 12.6. The van der Waals surface area contributed by atoms with Crippen LogP contribution < -0.4 is 4.31 Å². The molecule has 0 unspecified atom stereocenters. The molecule has 1 aromatic heterocycles. The summed E-state index contributed by atoms with van der Waals surface area (Å²) < 4.78 is 27.0. The van der Waals surface area contributed by atoms with Crippen molar-refractivity contribution in [2.75, 3.05) is 10.8 Å². The second-order valence-electron chi connectivity index (χ2n) is 4.85. The van der Waals surface area contributed by atoms with E-state index < -0.39 is 10.0 Å².